The summed E-state index contributed by atoms with van der Waals surface area (Å²) in [6, 6.07) is 5.72. The van der Waals surface area contributed by atoms with Gasteiger partial charge in [-0.15, -0.1) is 0 Å². The number of fused-ring (bicyclic) bond motifs is 1. The number of benzene rings is 1. The molecular weight excluding hydrogens is 388 g/mol. The third kappa shape index (κ3) is 5.96. The number of amides is 3. The lowest BCUT2D eigenvalue weighted by Gasteiger charge is -2.29. The van der Waals surface area contributed by atoms with Crippen LogP contribution in [0.1, 0.15) is 118 Å². The average molecular weight is 427 g/mol. The van der Waals surface area contributed by atoms with Gasteiger partial charge >= 0.3 is 0 Å². The average Bonchev–Trinajstić information content (AvgIpc) is 3.08. The van der Waals surface area contributed by atoms with Crippen LogP contribution in [-0.2, 0) is 16.1 Å². The molecule has 3 rings (SSSR count). The summed E-state index contributed by atoms with van der Waals surface area (Å²) in [5.41, 5.74) is 3.05. The Bertz CT molecular complexity index is 789. The first-order chi connectivity index (χ1) is 15.0. The number of piperidine rings is 1. The highest BCUT2D eigenvalue weighted by Gasteiger charge is 2.39. The molecule has 2 aliphatic rings. The summed E-state index contributed by atoms with van der Waals surface area (Å²) in [5, 5.41) is 2.37. The number of hydrogen-bond acceptors (Lipinski definition) is 3. The maximum absolute atomic E-state index is 12.9. The molecule has 0 bridgehead atoms. The Kier molecular flexibility index (Phi) is 8.68. The zero-order chi connectivity index (χ0) is 22.2. The van der Waals surface area contributed by atoms with E-state index < -0.39 is 6.04 Å². The molecule has 1 aromatic rings. The Morgan fingerprint density at radius 1 is 0.968 bits per heavy atom. The Balaban J connectivity index is 1.60. The minimum Gasteiger partial charge on any atom is -0.322 e. The molecule has 1 fully saturated rings. The molecule has 5 nitrogen and oxygen atoms in total. The zero-order valence-corrected chi connectivity index (χ0v) is 19.3. The second kappa shape index (κ2) is 11.4. The number of rotatable bonds is 12. The van der Waals surface area contributed by atoms with Gasteiger partial charge in [0.05, 0.1) is 0 Å². The van der Waals surface area contributed by atoms with Crippen LogP contribution < -0.4 is 5.32 Å². The lowest BCUT2D eigenvalue weighted by molar-refractivity contribution is -0.136. The summed E-state index contributed by atoms with van der Waals surface area (Å²) in [6.07, 6.45) is 13.5. The van der Waals surface area contributed by atoms with Gasteiger partial charge in [-0.3, -0.25) is 19.7 Å². The lowest BCUT2D eigenvalue weighted by atomic mass is 9.87. The van der Waals surface area contributed by atoms with E-state index in [-0.39, 0.29) is 17.7 Å². The summed E-state index contributed by atoms with van der Waals surface area (Å²) in [6.45, 7) is 4.95. The van der Waals surface area contributed by atoms with E-state index in [1.807, 2.05) is 6.07 Å². The molecule has 31 heavy (non-hydrogen) atoms. The minimum atomic E-state index is -0.541. The van der Waals surface area contributed by atoms with Crippen molar-refractivity contribution >= 4 is 17.7 Å². The van der Waals surface area contributed by atoms with Crippen molar-refractivity contribution in [3.8, 4) is 0 Å². The molecule has 170 valence electrons. The predicted octanol–water partition coefficient (Wildman–Crippen LogP) is 5.47. The third-order valence-corrected chi connectivity index (χ3v) is 6.81. The highest BCUT2D eigenvalue weighted by Crippen LogP contribution is 2.33. The minimum absolute atomic E-state index is 0.0878. The van der Waals surface area contributed by atoms with Gasteiger partial charge in [-0.05, 0) is 42.4 Å². The fourth-order valence-corrected chi connectivity index (χ4v) is 5.02. The number of carbonyl (C=O) groups excluding carboxylic acids is 3. The van der Waals surface area contributed by atoms with E-state index in [4.69, 9.17) is 0 Å². The van der Waals surface area contributed by atoms with Gasteiger partial charge in [0.25, 0.3) is 5.91 Å². The fourth-order valence-electron chi connectivity index (χ4n) is 5.02. The molecule has 1 aromatic carbocycles. The van der Waals surface area contributed by atoms with Gasteiger partial charge in [-0.2, -0.15) is 0 Å². The first-order valence-corrected chi connectivity index (χ1v) is 12.3. The molecule has 1 saturated heterocycles. The molecule has 2 atom stereocenters. The first kappa shape index (κ1) is 23.5. The highest BCUT2D eigenvalue weighted by molar-refractivity contribution is 6.05. The molecular formula is C26H38N2O3. The summed E-state index contributed by atoms with van der Waals surface area (Å²) >= 11 is 0. The standard InChI is InChI=1S/C26H38N2O3/c1-3-5-6-7-8-9-10-12-19(11-4-2)20-13-14-22-21(17-20)18-28(26(22)31)23-15-16-24(29)27-25(23)30/h13-14,17,19,23H,3-12,15-16,18H2,1-2H3,(H,27,29,30). The van der Waals surface area contributed by atoms with Crippen molar-refractivity contribution in [2.24, 2.45) is 0 Å². The quantitative estimate of drug-likeness (QED) is 0.356. The highest BCUT2D eigenvalue weighted by atomic mass is 16.2. The predicted molar refractivity (Wildman–Crippen MR) is 123 cm³/mol. The monoisotopic (exact) mass is 426 g/mol. The van der Waals surface area contributed by atoms with Gasteiger partial charge < -0.3 is 4.90 Å². The van der Waals surface area contributed by atoms with Gasteiger partial charge in [-0.25, -0.2) is 0 Å². The molecule has 0 aromatic heterocycles. The Morgan fingerprint density at radius 3 is 2.42 bits per heavy atom. The van der Waals surface area contributed by atoms with Crippen LogP contribution in [0, 0.1) is 0 Å². The van der Waals surface area contributed by atoms with Crippen LogP contribution in [-0.4, -0.2) is 28.7 Å². The van der Waals surface area contributed by atoms with E-state index in [1.165, 1.54) is 63.4 Å². The number of nitrogens with one attached hydrogen (secondary N) is 1. The third-order valence-electron chi connectivity index (χ3n) is 6.81. The number of nitrogens with zero attached hydrogens (tertiary/aromatic N) is 1. The van der Waals surface area contributed by atoms with Gasteiger partial charge in [-0.1, -0.05) is 77.3 Å². The second-order valence-corrected chi connectivity index (χ2v) is 9.21. The number of imide groups is 1. The Hall–Kier alpha value is -2.17. The zero-order valence-electron chi connectivity index (χ0n) is 19.3. The Labute approximate surface area is 187 Å². The second-order valence-electron chi connectivity index (χ2n) is 9.21. The first-order valence-electron chi connectivity index (χ1n) is 12.3. The summed E-state index contributed by atoms with van der Waals surface area (Å²) in [7, 11) is 0. The molecule has 2 aliphatic heterocycles. The molecule has 5 heteroatoms. The SMILES string of the molecule is CCCCCCCCCC(CCC)c1ccc2c(c1)CN(C1CCC(=O)NC1=O)C2=O. The van der Waals surface area contributed by atoms with Gasteiger partial charge in [0.15, 0.2) is 0 Å². The van der Waals surface area contributed by atoms with Gasteiger partial charge in [0.2, 0.25) is 11.8 Å². The van der Waals surface area contributed by atoms with Crippen molar-refractivity contribution in [1.29, 1.82) is 0 Å². The number of carbonyl (C=O) groups is 3. The van der Waals surface area contributed by atoms with Crippen molar-refractivity contribution in [2.45, 2.75) is 109 Å². The molecule has 0 spiro atoms. The fraction of sp³-hybridized carbons (Fsp3) is 0.654. The summed E-state index contributed by atoms with van der Waals surface area (Å²) in [4.78, 5) is 38.3. The molecule has 0 radical (unpaired) electrons. The maximum Gasteiger partial charge on any atom is 0.255 e. The topological polar surface area (TPSA) is 66.5 Å². The van der Waals surface area contributed by atoms with Crippen LogP contribution in [0.4, 0.5) is 0 Å². The van der Waals surface area contributed by atoms with E-state index in [2.05, 4.69) is 31.3 Å². The smallest absolute Gasteiger partial charge is 0.255 e. The molecule has 3 amide bonds. The van der Waals surface area contributed by atoms with Crippen LogP contribution in [0.3, 0.4) is 0 Å². The van der Waals surface area contributed by atoms with Gasteiger partial charge in [0, 0.05) is 18.5 Å². The van der Waals surface area contributed by atoms with E-state index in [0.29, 0.717) is 30.9 Å². The number of unbranched alkanes of at least 4 members (excludes halogenated alkanes) is 6. The Morgan fingerprint density at radius 2 is 1.71 bits per heavy atom. The molecule has 1 N–H and O–H groups in total. The van der Waals surface area contributed by atoms with Gasteiger partial charge in [0.1, 0.15) is 6.04 Å². The van der Waals surface area contributed by atoms with Crippen molar-refractivity contribution in [2.75, 3.05) is 0 Å². The van der Waals surface area contributed by atoms with Crippen molar-refractivity contribution in [1.82, 2.24) is 10.2 Å². The van der Waals surface area contributed by atoms with Crippen molar-refractivity contribution in [3.63, 3.8) is 0 Å². The van der Waals surface area contributed by atoms with E-state index >= 15 is 0 Å². The van der Waals surface area contributed by atoms with Crippen molar-refractivity contribution < 1.29 is 14.4 Å². The van der Waals surface area contributed by atoms with Crippen LogP contribution >= 0.6 is 0 Å². The summed E-state index contributed by atoms with van der Waals surface area (Å²) in [5.74, 6) is -0.151. The van der Waals surface area contributed by atoms with Crippen LogP contribution in [0.15, 0.2) is 18.2 Å². The molecule has 2 heterocycles. The van der Waals surface area contributed by atoms with E-state index in [9.17, 15) is 14.4 Å². The van der Waals surface area contributed by atoms with E-state index in [0.717, 1.165) is 12.0 Å². The van der Waals surface area contributed by atoms with Crippen LogP contribution in [0.5, 0.6) is 0 Å². The molecule has 0 aliphatic carbocycles. The molecule has 2 unspecified atom stereocenters. The summed E-state index contributed by atoms with van der Waals surface area (Å²) < 4.78 is 0. The molecule has 0 saturated carbocycles. The largest absolute Gasteiger partial charge is 0.322 e. The normalized spacial score (nSPS) is 19.5. The maximum atomic E-state index is 12.9. The van der Waals surface area contributed by atoms with E-state index in [1.54, 1.807) is 4.90 Å². The number of hydrogen-bond donors (Lipinski definition) is 1. The van der Waals surface area contributed by atoms with Crippen LogP contribution in [0.2, 0.25) is 0 Å². The van der Waals surface area contributed by atoms with Crippen LogP contribution in [0.25, 0.3) is 0 Å². The lowest BCUT2D eigenvalue weighted by Crippen LogP contribution is -2.52. The van der Waals surface area contributed by atoms with Crippen molar-refractivity contribution in [3.05, 3.63) is 34.9 Å².